The predicted molar refractivity (Wildman–Crippen MR) is 44.9 cm³/mol. The van der Waals surface area contributed by atoms with Crippen molar-refractivity contribution in [2.45, 2.75) is 12.6 Å². The van der Waals surface area contributed by atoms with E-state index in [0.717, 1.165) is 6.07 Å². The summed E-state index contributed by atoms with van der Waals surface area (Å²) in [6.45, 7) is 0. The maximum absolute atomic E-state index is 12.1. The Bertz CT molecular complexity index is 319. The molecular weight excluding hydrogens is 213 g/mol. The van der Waals surface area contributed by atoms with Crippen LogP contribution in [0, 0.1) is 0 Å². The van der Waals surface area contributed by atoms with Gasteiger partial charge < -0.3 is 9.47 Å². The van der Waals surface area contributed by atoms with Gasteiger partial charge in [-0.3, -0.25) is 0 Å². The second kappa shape index (κ2) is 4.33. The van der Waals surface area contributed by atoms with Crippen molar-refractivity contribution in [2.75, 3.05) is 14.2 Å². The van der Waals surface area contributed by atoms with Crippen LogP contribution in [-0.4, -0.2) is 30.4 Å². The van der Waals surface area contributed by atoms with Crippen molar-refractivity contribution in [1.29, 1.82) is 0 Å². The summed E-state index contributed by atoms with van der Waals surface area (Å²) >= 11 is 0. The molecular formula is C8H9F3N2O2. The molecule has 1 aromatic rings. The molecule has 1 rings (SSSR count). The summed E-state index contributed by atoms with van der Waals surface area (Å²) < 4.78 is 45.6. The highest BCUT2D eigenvalue weighted by Gasteiger charge is 2.29. The van der Waals surface area contributed by atoms with Gasteiger partial charge in [-0.1, -0.05) is 0 Å². The zero-order chi connectivity index (χ0) is 11.5. The van der Waals surface area contributed by atoms with Crippen molar-refractivity contribution in [3.8, 4) is 11.9 Å². The Balaban J connectivity index is 2.97. The van der Waals surface area contributed by atoms with Gasteiger partial charge in [0.2, 0.25) is 5.88 Å². The van der Waals surface area contributed by atoms with Crippen LogP contribution >= 0.6 is 0 Å². The topological polar surface area (TPSA) is 44.2 Å². The third kappa shape index (κ3) is 3.61. The van der Waals surface area contributed by atoms with Gasteiger partial charge in [0.1, 0.15) is 0 Å². The summed E-state index contributed by atoms with van der Waals surface area (Å²) in [6, 6.07) is 0.976. The minimum Gasteiger partial charge on any atom is -0.481 e. The second-order valence-corrected chi connectivity index (χ2v) is 2.68. The van der Waals surface area contributed by atoms with E-state index in [9.17, 15) is 13.2 Å². The molecule has 0 fully saturated rings. The normalized spacial score (nSPS) is 11.3. The fourth-order valence-corrected chi connectivity index (χ4v) is 0.941. The zero-order valence-corrected chi connectivity index (χ0v) is 8.13. The van der Waals surface area contributed by atoms with E-state index in [-0.39, 0.29) is 17.6 Å². The van der Waals surface area contributed by atoms with Crippen molar-refractivity contribution < 1.29 is 22.6 Å². The van der Waals surface area contributed by atoms with Gasteiger partial charge in [0.25, 0.3) is 0 Å². The van der Waals surface area contributed by atoms with Crippen LogP contribution in [0.4, 0.5) is 13.2 Å². The first-order valence-corrected chi connectivity index (χ1v) is 3.97. The molecule has 0 bridgehead atoms. The van der Waals surface area contributed by atoms with Crippen molar-refractivity contribution in [1.82, 2.24) is 9.97 Å². The Hall–Kier alpha value is -1.53. The lowest BCUT2D eigenvalue weighted by molar-refractivity contribution is -0.127. The number of rotatable bonds is 3. The first-order chi connectivity index (χ1) is 6.94. The molecule has 0 amide bonds. The number of halogens is 3. The van der Waals surface area contributed by atoms with E-state index in [2.05, 4.69) is 14.7 Å². The van der Waals surface area contributed by atoms with Crippen molar-refractivity contribution >= 4 is 0 Å². The second-order valence-electron chi connectivity index (χ2n) is 2.68. The molecule has 15 heavy (non-hydrogen) atoms. The third-order valence-corrected chi connectivity index (χ3v) is 1.51. The molecule has 0 aromatic carbocycles. The standard InChI is InChI=1S/C8H9F3N2O2/c1-14-6-3-5(4-8(9,10)11)12-7(13-6)15-2/h3H,4H2,1-2H3. The van der Waals surface area contributed by atoms with Crippen LogP contribution in [0.25, 0.3) is 0 Å². The monoisotopic (exact) mass is 222 g/mol. The average Bonchev–Trinajstić information content (AvgIpc) is 2.14. The van der Waals surface area contributed by atoms with E-state index < -0.39 is 12.6 Å². The van der Waals surface area contributed by atoms with Crippen LogP contribution in [-0.2, 0) is 6.42 Å². The summed E-state index contributed by atoms with van der Waals surface area (Å²) in [5.74, 6) is 0.0427. The lowest BCUT2D eigenvalue weighted by atomic mass is 10.3. The van der Waals surface area contributed by atoms with Crippen LogP contribution in [0.2, 0.25) is 0 Å². The number of methoxy groups -OCH3 is 2. The Morgan fingerprint density at radius 1 is 1.20 bits per heavy atom. The molecule has 0 unspecified atom stereocenters. The van der Waals surface area contributed by atoms with E-state index in [1.165, 1.54) is 14.2 Å². The maximum atomic E-state index is 12.1. The summed E-state index contributed by atoms with van der Waals surface area (Å²) in [5, 5.41) is 0. The molecule has 7 heteroatoms. The molecule has 1 aromatic heterocycles. The van der Waals surface area contributed by atoms with Gasteiger partial charge >= 0.3 is 12.2 Å². The largest absolute Gasteiger partial charge is 0.481 e. The lowest BCUT2D eigenvalue weighted by Gasteiger charge is -2.08. The fraction of sp³-hybridized carbons (Fsp3) is 0.500. The molecule has 0 radical (unpaired) electrons. The average molecular weight is 222 g/mol. The third-order valence-electron chi connectivity index (χ3n) is 1.51. The summed E-state index contributed by atoms with van der Waals surface area (Å²) in [7, 11) is 2.57. The molecule has 0 saturated heterocycles. The molecule has 4 nitrogen and oxygen atoms in total. The van der Waals surface area contributed by atoms with Gasteiger partial charge in [-0.25, -0.2) is 0 Å². The highest BCUT2D eigenvalue weighted by Crippen LogP contribution is 2.23. The van der Waals surface area contributed by atoms with E-state index >= 15 is 0 Å². The number of hydrogen-bond acceptors (Lipinski definition) is 4. The van der Waals surface area contributed by atoms with Gasteiger partial charge in [-0.05, 0) is 0 Å². The number of alkyl halides is 3. The quantitative estimate of drug-likeness (QED) is 0.779. The molecule has 84 valence electrons. The van der Waals surface area contributed by atoms with Crippen LogP contribution < -0.4 is 9.47 Å². The van der Waals surface area contributed by atoms with Crippen molar-refractivity contribution in [3.05, 3.63) is 11.8 Å². The lowest BCUT2D eigenvalue weighted by Crippen LogP contribution is -2.13. The number of ether oxygens (including phenoxy) is 2. The molecule has 0 aliphatic rings. The van der Waals surface area contributed by atoms with Crippen LogP contribution in [0.1, 0.15) is 5.69 Å². The molecule has 1 heterocycles. The molecule has 0 aliphatic carbocycles. The van der Waals surface area contributed by atoms with Crippen LogP contribution in [0.15, 0.2) is 6.07 Å². The summed E-state index contributed by atoms with van der Waals surface area (Å²) in [5.41, 5.74) is -0.189. The van der Waals surface area contributed by atoms with Gasteiger partial charge in [-0.15, -0.1) is 0 Å². The molecule has 0 aliphatic heterocycles. The Labute approximate surface area is 84.1 Å². The fourth-order valence-electron chi connectivity index (χ4n) is 0.941. The zero-order valence-electron chi connectivity index (χ0n) is 8.13. The highest BCUT2D eigenvalue weighted by molar-refractivity contribution is 5.19. The minimum atomic E-state index is -4.32. The Morgan fingerprint density at radius 2 is 1.87 bits per heavy atom. The highest BCUT2D eigenvalue weighted by atomic mass is 19.4. The van der Waals surface area contributed by atoms with Gasteiger partial charge in [-0.2, -0.15) is 23.1 Å². The van der Waals surface area contributed by atoms with E-state index in [0.29, 0.717) is 0 Å². The molecule has 0 N–H and O–H groups in total. The molecule has 0 spiro atoms. The van der Waals surface area contributed by atoms with Gasteiger partial charge in [0, 0.05) is 6.07 Å². The number of hydrogen-bond donors (Lipinski definition) is 0. The maximum Gasteiger partial charge on any atom is 0.394 e. The first kappa shape index (κ1) is 11.5. The first-order valence-electron chi connectivity index (χ1n) is 3.97. The van der Waals surface area contributed by atoms with Gasteiger partial charge in [0.15, 0.2) is 0 Å². The number of aromatic nitrogens is 2. The predicted octanol–water partition coefficient (Wildman–Crippen LogP) is 1.60. The molecule has 0 atom stereocenters. The van der Waals surface area contributed by atoms with Crippen LogP contribution in [0.3, 0.4) is 0 Å². The van der Waals surface area contributed by atoms with Gasteiger partial charge in [0.05, 0.1) is 26.3 Å². The summed E-state index contributed by atoms with van der Waals surface area (Å²) in [4.78, 5) is 7.23. The smallest absolute Gasteiger partial charge is 0.394 e. The van der Waals surface area contributed by atoms with E-state index in [1.807, 2.05) is 0 Å². The van der Waals surface area contributed by atoms with E-state index in [1.54, 1.807) is 0 Å². The number of nitrogens with zero attached hydrogens (tertiary/aromatic N) is 2. The van der Waals surface area contributed by atoms with Crippen molar-refractivity contribution in [2.24, 2.45) is 0 Å². The minimum absolute atomic E-state index is 0.0427. The Morgan fingerprint density at radius 3 is 2.33 bits per heavy atom. The summed E-state index contributed by atoms with van der Waals surface area (Å²) in [6.07, 6.45) is -5.45. The SMILES string of the molecule is COc1cc(CC(F)(F)F)nc(OC)n1. The van der Waals surface area contributed by atoms with E-state index in [4.69, 9.17) is 4.74 Å². The molecule has 0 saturated carbocycles. The van der Waals surface area contributed by atoms with Crippen molar-refractivity contribution in [3.63, 3.8) is 0 Å². The van der Waals surface area contributed by atoms with Crippen LogP contribution in [0.5, 0.6) is 11.9 Å². The Kier molecular flexibility index (Phi) is 3.33.